The number of benzene rings is 2. The molecule has 0 unspecified atom stereocenters. The average Bonchev–Trinajstić information content (AvgIpc) is 3.33. The number of rotatable bonds is 4. The second kappa shape index (κ2) is 6.99. The molecule has 1 fully saturated rings. The van der Waals surface area contributed by atoms with Crippen molar-refractivity contribution in [3.05, 3.63) is 59.5 Å². The lowest BCUT2D eigenvalue weighted by molar-refractivity contribution is 0.169. The number of oxazole rings is 1. The number of sulfonamides is 1. The van der Waals surface area contributed by atoms with E-state index in [9.17, 15) is 8.42 Å². The molecular weight excluding hydrogens is 374 g/mol. The molecule has 0 atom stereocenters. The lowest BCUT2D eigenvalue weighted by atomic mass is 10.1. The van der Waals surface area contributed by atoms with Crippen LogP contribution in [-0.2, 0) is 29.4 Å². The molecule has 5 rings (SSSR count). The van der Waals surface area contributed by atoms with Crippen molar-refractivity contribution in [2.75, 3.05) is 26.2 Å². The minimum atomic E-state index is -3.43. The molecule has 1 saturated heterocycles. The maximum atomic E-state index is 13.0. The van der Waals surface area contributed by atoms with Crippen LogP contribution in [0.15, 0.2) is 51.8 Å². The summed E-state index contributed by atoms with van der Waals surface area (Å²) in [5, 5.41) is 0. The highest BCUT2D eigenvalue weighted by Gasteiger charge is 2.29. The maximum absolute atomic E-state index is 13.0. The van der Waals surface area contributed by atoms with E-state index in [1.54, 1.807) is 10.4 Å². The van der Waals surface area contributed by atoms with Gasteiger partial charge in [0, 0.05) is 26.2 Å². The molecule has 1 aromatic heterocycles. The first-order valence-electron chi connectivity index (χ1n) is 9.78. The minimum Gasteiger partial charge on any atom is -0.439 e. The van der Waals surface area contributed by atoms with Gasteiger partial charge in [-0.15, -0.1) is 0 Å². The van der Waals surface area contributed by atoms with Crippen molar-refractivity contribution in [1.82, 2.24) is 14.2 Å². The van der Waals surface area contributed by atoms with Crippen LogP contribution in [0.2, 0.25) is 0 Å². The van der Waals surface area contributed by atoms with E-state index in [1.165, 1.54) is 11.1 Å². The molecule has 7 heteroatoms. The molecule has 0 spiro atoms. The Balaban J connectivity index is 1.26. The fourth-order valence-corrected chi connectivity index (χ4v) is 5.64. The molecule has 0 saturated carbocycles. The standard InChI is InChI=1S/C21H23N3O3S/c25-28(26,18-9-8-16-4-3-5-17(16)14-18)24-12-10-23(11-13-24)15-21-22-19-6-1-2-7-20(19)27-21/h1-2,6-9,14H,3-5,10-13,15H2. The van der Waals surface area contributed by atoms with Crippen molar-refractivity contribution >= 4 is 21.1 Å². The number of hydrogen-bond donors (Lipinski definition) is 0. The van der Waals surface area contributed by atoms with E-state index < -0.39 is 10.0 Å². The van der Waals surface area contributed by atoms with E-state index in [-0.39, 0.29) is 0 Å². The van der Waals surface area contributed by atoms with Crippen molar-refractivity contribution in [3.63, 3.8) is 0 Å². The van der Waals surface area contributed by atoms with Crippen LogP contribution in [0.5, 0.6) is 0 Å². The Hall–Kier alpha value is -2.22. The summed E-state index contributed by atoms with van der Waals surface area (Å²) in [4.78, 5) is 7.14. The van der Waals surface area contributed by atoms with Gasteiger partial charge in [0.25, 0.3) is 0 Å². The first-order valence-corrected chi connectivity index (χ1v) is 11.2. The van der Waals surface area contributed by atoms with Crippen LogP contribution in [-0.4, -0.2) is 48.8 Å². The Labute approximate surface area is 164 Å². The zero-order valence-corrected chi connectivity index (χ0v) is 16.5. The quantitative estimate of drug-likeness (QED) is 0.677. The van der Waals surface area contributed by atoms with E-state index >= 15 is 0 Å². The Morgan fingerprint density at radius 3 is 2.57 bits per heavy atom. The summed E-state index contributed by atoms with van der Waals surface area (Å²) in [5.74, 6) is 0.677. The van der Waals surface area contributed by atoms with Gasteiger partial charge < -0.3 is 4.42 Å². The third-order valence-corrected chi connectivity index (χ3v) is 7.63. The summed E-state index contributed by atoms with van der Waals surface area (Å²) >= 11 is 0. The lowest BCUT2D eigenvalue weighted by Gasteiger charge is -2.33. The van der Waals surface area contributed by atoms with Crippen LogP contribution in [0.1, 0.15) is 23.4 Å². The van der Waals surface area contributed by atoms with Crippen molar-refractivity contribution in [2.45, 2.75) is 30.7 Å². The zero-order chi connectivity index (χ0) is 19.1. The molecule has 1 aliphatic carbocycles. The number of piperazine rings is 1. The Morgan fingerprint density at radius 2 is 1.75 bits per heavy atom. The van der Waals surface area contributed by atoms with Crippen molar-refractivity contribution in [1.29, 1.82) is 0 Å². The Morgan fingerprint density at radius 1 is 0.964 bits per heavy atom. The van der Waals surface area contributed by atoms with E-state index in [0.717, 1.165) is 30.4 Å². The zero-order valence-electron chi connectivity index (χ0n) is 15.7. The van der Waals surface area contributed by atoms with Crippen LogP contribution in [0, 0.1) is 0 Å². The minimum absolute atomic E-state index is 0.431. The highest BCUT2D eigenvalue weighted by molar-refractivity contribution is 7.89. The number of hydrogen-bond acceptors (Lipinski definition) is 5. The second-order valence-electron chi connectivity index (χ2n) is 7.54. The van der Waals surface area contributed by atoms with Crippen LogP contribution >= 0.6 is 0 Å². The molecule has 28 heavy (non-hydrogen) atoms. The number of para-hydroxylation sites is 2. The summed E-state index contributed by atoms with van der Waals surface area (Å²) in [6, 6.07) is 13.3. The van der Waals surface area contributed by atoms with Crippen molar-refractivity contribution in [3.8, 4) is 0 Å². The molecule has 1 aliphatic heterocycles. The van der Waals surface area contributed by atoms with E-state index in [1.807, 2.05) is 36.4 Å². The number of aryl methyl sites for hydroxylation is 2. The topological polar surface area (TPSA) is 66.7 Å². The number of aromatic nitrogens is 1. The monoisotopic (exact) mass is 397 g/mol. The third kappa shape index (κ3) is 3.23. The Kier molecular flexibility index (Phi) is 4.45. The van der Waals surface area contributed by atoms with Crippen LogP contribution in [0.25, 0.3) is 11.1 Å². The summed E-state index contributed by atoms with van der Waals surface area (Å²) in [5.41, 5.74) is 4.13. The lowest BCUT2D eigenvalue weighted by Crippen LogP contribution is -2.48. The van der Waals surface area contributed by atoms with Crippen LogP contribution < -0.4 is 0 Å². The summed E-state index contributed by atoms with van der Waals surface area (Å²) in [6.07, 6.45) is 3.16. The Bertz CT molecular complexity index is 1080. The van der Waals surface area contributed by atoms with Crippen LogP contribution in [0.3, 0.4) is 0 Å². The number of nitrogens with zero attached hydrogens (tertiary/aromatic N) is 3. The van der Waals surface area contributed by atoms with Gasteiger partial charge in [-0.2, -0.15) is 4.31 Å². The van der Waals surface area contributed by atoms with Gasteiger partial charge in [0.05, 0.1) is 11.4 Å². The van der Waals surface area contributed by atoms with Gasteiger partial charge in [0.1, 0.15) is 5.52 Å². The van der Waals surface area contributed by atoms with Gasteiger partial charge in [0.2, 0.25) is 15.9 Å². The first-order chi connectivity index (χ1) is 13.6. The highest BCUT2D eigenvalue weighted by Crippen LogP contribution is 2.27. The SMILES string of the molecule is O=S(=O)(c1ccc2c(c1)CCC2)N1CCN(Cc2nc3ccccc3o2)CC1. The summed E-state index contributed by atoms with van der Waals surface area (Å²) in [6.45, 7) is 2.91. The molecular formula is C21H23N3O3S. The van der Waals surface area contributed by atoms with Gasteiger partial charge in [-0.25, -0.2) is 13.4 Å². The second-order valence-corrected chi connectivity index (χ2v) is 9.48. The average molecular weight is 398 g/mol. The van der Waals surface area contributed by atoms with Gasteiger partial charge in [-0.1, -0.05) is 18.2 Å². The molecule has 0 radical (unpaired) electrons. The molecule has 0 N–H and O–H groups in total. The van der Waals surface area contributed by atoms with Gasteiger partial charge in [0.15, 0.2) is 5.58 Å². The van der Waals surface area contributed by atoms with Gasteiger partial charge >= 0.3 is 0 Å². The van der Waals surface area contributed by atoms with Gasteiger partial charge in [-0.05, 0) is 54.7 Å². The van der Waals surface area contributed by atoms with Crippen LogP contribution in [0.4, 0.5) is 0 Å². The van der Waals surface area contributed by atoms with E-state index in [4.69, 9.17) is 4.42 Å². The third-order valence-electron chi connectivity index (χ3n) is 5.74. The molecule has 6 nitrogen and oxygen atoms in total. The first kappa shape index (κ1) is 17.8. The molecule has 3 aromatic rings. The van der Waals surface area contributed by atoms with Crippen molar-refractivity contribution < 1.29 is 12.8 Å². The molecule has 2 heterocycles. The summed E-state index contributed by atoms with van der Waals surface area (Å²) < 4.78 is 33.5. The molecule has 2 aliphatic rings. The largest absolute Gasteiger partial charge is 0.439 e. The normalized spacial score (nSPS) is 18.6. The smallest absolute Gasteiger partial charge is 0.243 e. The highest BCUT2D eigenvalue weighted by atomic mass is 32.2. The van der Waals surface area contributed by atoms with Crippen molar-refractivity contribution in [2.24, 2.45) is 0 Å². The van der Waals surface area contributed by atoms with Gasteiger partial charge in [-0.3, -0.25) is 4.90 Å². The molecule has 0 bridgehead atoms. The predicted molar refractivity (Wildman–Crippen MR) is 107 cm³/mol. The fourth-order valence-electron chi connectivity index (χ4n) is 4.16. The molecule has 0 amide bonds. The maximum Gasteiger partial charge on any atom is 0.243 e. The summed E-state index contributed by atoms with van der Waals surface area (Å²) in [7, 11) is -3.43. The number of fused-ring (bicyclic) bond motifs is 2. The van der Waals surface area contributed by atoms with E-state index in [2.05, 4.69) is 9.88 Å². The molecule has 2 aromatic carbocycles. The predicted octanol–water partition coefficient (Wildman–Crippen LogP) is 2.82. The fraction of sp³-hybridized carbons (Fsp3) is 0.381. The van der Waals surface area contributed by atoms with E-state index in [0.29, 0.717) is 43.5 Å². The molecule has 146 valence electrons.